The van der Waals surface area contributed by atoms with Gasteiger partial charge in [0.1, 0.15) is 11.6 Å². The van der Waals surface area contributed by atoms with E-state index in [4.69, 9.17) is 4.74 Å². The first-order valence-electron chi connectivity index (χ1n) is 10.1. The number of carbonyl (C=O) groups is 2. The largest absolute Gasteiger partial charge is 0.493 e. The molecule has 1 saturated carbocycles. The topological polar surface area (TPSA) is 67.4 Å². The Morgan fingerprint density at radius 1 is 1.07 bits per heavy atom. The highest BCUT2D eigenvalue weighted by atomic mass is 19.1. The molecule has 5 nitrogen and oxygen atoms in total. The average Bonchev–Trinajstić information content (AvgIpc) is 3.52. The van der Waals surface area contributed by atoms with Crippen molar-refractivity contribution in [2.45, 2.75) is 46.1 Å². The van der Waals surface area contributed by atoms with Gasteiger partial charge in [0.25, 0.3) is 11.8 Å². The first kappa shape index (κ1) is 20.8. The van der Waals surface area contributed by atoms with E-state index in [1.54, 1.807) is 31.2 Å². The average molecular weight is 398 g/mol. The molecule has 0 atom stereocenters. The molecule has 0 saturated heterocycles. The van der Waals surface area contributed by atoms with Crippen LogP contribution in [0.1, 0.15) is 59.4 Å². The molecule has 2 aromatic rings. The molecule has 2 N–H and O–H groups in total. The zero-order valence-corrected chi connectivity index (χ0v) is 17.1. The summed E-state index contributed by atoms with van der Waals surface area (Å²) in [5, 5.41) is 5.66. The van der Waals surface area contributed by atoms with Crippen LogP contribution in [0.25, 0.3) is 11.1 Å². The standard InChI is InChI=1S/C23H27FN2O3/c1-4-10-29-21-13-15(22(27)25-5-2)6-9-18(21)19-11-16(12-20(24)14(19)3)23(28)26-17-7-8-17/h6,9,11-13,17H,4-5,7-8,10H2,1-3H3,(H,25,27)(H,26,28). The molecule has 0 bridgehead atoms. The van der Waals surface area contributed by atoms with Crippen LogP contribution in [0, 0.1) is 12.7 Å². The van der Waals surface area contributed by atoms with E-state index in [9.17, 15) is 14.0 Å². The molecule has 2 aromatic carbocycles. The highest BCUT2D eigenvalue weighted by Gasteiger charge is 2.25. The van der Waals surface area contributed by atoms with E-state index in [2.05, 4.69) is 10.6 Å². The van der Waals surface area contributed by atoms with Crippen molar-refractivity contribution in [3.05, 3.63) is 52.8 Å². The number of amides is 2. The van der Waals surface area contributed by atoms with Crippen molar-refractivity contribution in [1.29, 1.82) is 0 Å². The van der Waals surface area contributed by atoms with Crippen LogP contribution in [0.2, 0.25) is 0 Å². The van der Waals surface area contributed by atoms with Crippen LogP contribution in [0.4, 0.5) is 4.39 Å². The van der Waals surface area contributed by atoms with E-state index in [0.717, 1.165) is 19.3 Å². The Morgan fingerprint density at radius 3 is 2.48 bits per heavy atom. The van der Waals surface area contributed by atoms with Gasteiger partial charge < -0.3 is 15.4 Å². The SMILES string of the molecule is CCCOc1cc(C(=O)NCC)ccc1-c1cc(C(=O)NC2CC2)cc(F)c1C. The number of benzene rings is 2. The highest BCUT2D eigenvalue weighted by molar-refractivity contribution is 5.98. The molecule has 2 amide bonds. The summed E-state index contributed by atoms with van der Waals surface area (Å²) in [6.07, 6.45) is 2.72. The van der Waals surface area contributed by atoms with E-state index >= 15 is 0 Å². The van der Waals surface area contributed by atoms with Crippen LogP contribution in [-0.4, -0.2) is 31.0 Å². The zero-order chi connectivity index (χ0) is 21.0. The minimum atomic E-state index is -0.447. The number of carbonyl (C=O) groups excluding carboxylic acids is 2. The van der Waals surface area contributed by atoms with E-state index in [-0.39, 0.29) is 23.4 Å². The van der Waals surface area contributed by atoms with Gasteiger partial charge in [0.2, 0.25) is 0 Å². The van der Waals surface area contributed by atoms with Crippen molar-refractivity contribution < 1.29 is 18.7 Å². The predicted molar refractivity (Wildman–Crippen MR) is 111 cm³/mol. The molecule has 0 heterocycles. The monoisotopic (exact) mass is 398 g/mol. The van der Waals surface area contributed by atoms with E-state index in [1.165, 1.54) is 6.07 Å². The number of hydrogen-bond acceptors (Lipinski definition) is 3. The van der Waals surface area contributed by atoms with Gasteiger partial charge in [-0.2, -0.15) is 0 Å². The normalized spacial score (nSPS) is 13.1. The van der Waals surface area contributed by atoms with Gasteiger partial charge >= 0.3 is 0 Å². The summed E-state index contributed by atoms with van der Waals surface area (Å²) in [4.78, 5) is 24.7. The Hall–Kier alpha value is -2.89. The molecule has 154 valence electrons. The lowest BCUT2D eigenvalue weighted by Crippen LogP contribution is -2.25. The van der Waals surface area contributed by atoms with Gasteiger partial charge in [-0.3, -0.25) is 9.59 Å². The quantitative estimate of drug-likeness (QED) is 0.699. The maximum atomic E-state index is 14.6. The third kappa shape index (κ3) is 4.94. The number of hydrogen-bond donors (Lipinski definition) is 2. The number of ether oxygens (including phenoxy) is 1. The molecule has 1 fully saturated rings. The molecule has 1 aliphatic rings. The van der Waals surface area contributed by atoms with Crippen molar-refractivity contribution in [2.24, 2.45) is 0 Å². The maximum Gasteiger partial charge on any atom is 0.251 e. The van der Waals surface area contributed by atoms with E-state index in [1.807, 2.05) is 13.8 Å². The third-order valence-electron chi connectivity index (χ3n) is 4.85. The van der Waals surface area contributed by atoms with Gasteiger partial charge in [0, 0.05) is 29.3 Å². The van der Waals surface area contributed by atoms with Gasteiger partial charge in [-0.1, -0.05) is 6.92 Å². The fourth-order valence-electron chi connectivity index (χ4n) is 3.07. The molecule has 29 heavy (non-hydrogen) atoms. The Morgan fingerprint density at radius 2 is 1.83 bits per heavy atom. The predicted octanol–water partition coefficient (Wildman–Crippen LogP) is 4.23. The zero-order valence-electron chi connectivity index (χ0n) is 17.1. The summed E-state index contributed by atoms with van der Waals surface area (Å²) in [7, 11) is 0. The number of halogens is 1. The molecule has 1 aliphatic carbocycles. The molecule has 0 aliphatic heterocycles. The van der Waals surface area contributed by atoms with Gasteiger partial charge in [-0.25, -0.2) is 4.39 Å². The second kappa shape index (κ2) is 9.07. The summed E-state index contributed by atoms with van der Waals surface area (Å²) in [5.74, 6) is -0.418. The van der Waals surface area contributed by atoms with Crippen molar-refractivity contribution in [3.63, 3.8) is 0 Å². The van der Waals surface area contributed by atoms with Crippen molar-refractivity contribution in [2.75, 3.05) is 13.2 Å². The second-order valence-electron chi connectivity index (χ2n) is 7.30. The van der Waals surface area contributed by atoms with Crippen molar-refractivity contribution in [3.8, 4) is 16.9 Å². The summed E-state index contributed by atoms with van der Waals surface area (Å²) in [5.41, 5.74) is 2.43. The molecular weight excluding hydrogens is 371 g/mol. The second-order valence-corrected chi connectivity index (χ2v) is 7.30. The van der Waals surface area contributed by atoms with Crippen LogP contribution in [-0.2, 0) is 0 Å². The lowest BCUT2D eigenvalue weighted by molar-refractivity contribution is 0.0944. The van der Waals surface area contributed by atoms with Crippen LogP contribution in [0.5, 0.6) is 5.75 Å². The summed E-state index contributed by atoms with van der Waals surface area (Å²) in [6.45, 7) is 6.50. The molecule has 6 heteroatoms. The minimum Gasteiger partial charge on any atom is -0.493 e. The van der Waals surface area contributed by atoms with Crippen LogP contribution >= 0.6 is 0 Å². The lowest BCUT2D eigenvalue weighted by Gasteiger charge is -2.16. The van der Waals surface area contributed by atoms with Crippen LogP contribution in [0.15, 0.2) is 30.3 Å². The van der Waals surface area contributed by atoms with E-state index in [0.29, 0.717) is 41.2 Å². The summed E-state index contributed by atoms with van der Waals surface area (Å²) < 4.78 is 20.5. The maximum absolute atomic E-state index is 14.6. The molecule has 0 spiro atoms. The summed E-state index contributed by atoms with van der Waals surface area (Å²) in [6, 6.07) is 8.26. The van der Waals surface area contributed by atoms with Crippen molar-refractivity contribution >= 4 is 11.8 Å². The van der Waals surface area contributed by atoms with Gasteiger partial charge in [-0.15, -0.1) is 0 Å². The van der Waals surface area contributed by atoms with Crippen molar-refractivity contribution in [1.82, 2.24) is 10.6 Å². The van der Waals surface area contributed by atoms with Crippen LogP contribution < -0.4 is 15.4 Å². The first-order chi connectivity index (χ1) is 13.9. The third-order valence-corrected chi connectivity index (χ3v) is 4.85. The Bertz CT molecular complexity index is 923. The Kier molecular flexibility index (Phi) is 6.52. The number of nitrogens with one attached hydrogen (secondary N) is 2. The minimum absolute atomic E-state index is 0.190. The van der Waals surface area contributed by atoms with Gasteiger partial charge in [-0.05, 0) is 74.6 Å². The highest BCUT2D eigenvalue weighted by Crippen LogP contribution is 2.35. The fraction of sp³-hybridized carbons (Fsp3) is 0.391. The summed E-state index contributed by atoms with van der Waals surface area (Å²) >= 11 is 0. The molecule has 0 radical (unpaired) electrons. The molecular formula is C23H27FN2O3. The lowest BCUT2D eigenvalue weighted by atomic mass is 9.95. The number of rotatable bonds is 8. The van der Waals surface area contributed by atoms with E-state index < -0.39 is 5.82 Å². The molecule has 0 unspecified atom stereocenters. The molecule has 0 aromatic heterocycles. The smallest absolute Gasteiger partial charge is 0.251 e. The Balaban J connectivity index is 2.04. The van der Waals surface area contributed by atoms with Gasteiger partial charge in [0.15, 0.2) is 0 Å². The van der Waals surface area contributed by atoms with Crippen LogP contribution in [0.3, 0.4) is 0 Å². The molecule has 3 rings (SSSR count). The first-order valence-corrected chi connectivity index (χ1v) is 10.1. The van der Waals surface area contributed by atoms with Gasteiger partial charge in [0.05, 0.1) is 6.61 Å². The fourth-order valence-corrected chi connectivity index (χ4v) is 3.07. The Labute approximate surface area is 170 Å².